The van der Waals surface area contributed by atoms with Crippen LogP contribution in [0.15, 0.2) is 18.3 Å². The Morgan fingerprint density at radius 1 is 1.56 bits per heavy atom. The van der Waals surface area contributed by atoms with Gasteiger partial charge in [0.05, 0.1) is 0 Å². The monoisotopic (exact) mass is 237 g/mol. The van der Waals surface area contributed by atoms with Crippen molar-refractivity contribution >= 4 is 23.0 Å². The molecule has 0 atom stereocenters. The molecule has 0 radical (unpaired) electrons. The molecule has 88 valence electrons. The van der Waals surface area contributed by atoms with Crippen molar-refractivity contribution < 1.29 is 0 Å². The molecule has 1 aromatic rings. The van der Waals surface area contributed by atoms with E-state index in [1.54, 1.807) is 6.20 Å². The third kappa shape index (κ3) is 3.77. The van der Waals surface area contributed by atoms with E-state index in [9.17, 15) is 0 Å². The summed E-state index contributed by atoms with van der Waals surface area (Å²) in [5.41, 5.74) is 6.46. The van der Waals surface area contributed by atoms with Gasteiger partial charge in [0.15, 0.2) is 0 Å². The molecule has 0 unspecified atom stereocenters. The van der Waals surface area contributed by atoms with Gasteiger partial charge in [-0.2, -0.15) is 0 Å². The number of pyridine rings is 1. The largest absolute Gasteiger partial charge is 0.389 e. The second kappa shape index (κ2) is 5.80. The summed E-state index contributed by atoms with van der Waals surface area (Å²) >= 11 is 4.95. The maximum absolute atomic E-state index is 5.59. The van der Waals surface area contributed by atoms with Gasteiger partial charge in [-0.1, -0.05) is 26.1 Å². The quantitative estimate of drug-likeness (QED) is 0.797. The van der Waals surface area contributed by atoms with E-state index in [1.807, 2.05) is 19.2 Å². The first-order chi connectivity index (χ1) is 7.50. The molecule has 4 heteroatoms. The minimum Gasteiger partial charge on any atom is -0.389 e. The summed E-state index contributed by atoms with van der Waals surface area (Å²) in [6, 6.07) is 3.77. The number of nitrogens with two attached hydrogens (primary N) is 1. The highest BCUT2D eigenvalue weighted by molar-refractivity contribution is 7.80. The zero-order valence-electron chi connectivity index (χ0n) is 10.1. The van der Waals surface area contributed by atoms with E-state index in [0.717, 1.165) is 24.3 Å². The Balaban J connectivity index is 2.71. The molecule has 0 aliphatic rings. The Labute approximate surface area is 103 Å². The van der Waals surface area contributed by atoms with E-state index in [1.165, 1.54) is 0 Å². The number of thiocarbonyl (C=S) groups is 1. The Kier molecular flexibility index (Phi) is 4.68. The van der Waals surface area contributed by atoms with Gasteiger partial charge >= 0.3 is 0 Å². The number of rotatable bonds is 5. The van der Waals surface area contributed by atoms with Gasteiger partial charge in [0.1, 0.15) is 10.8 Å². The zero-order chi connectivity index (χ0) is 12.1. The van der Waals surface area contributed by atoms with Crippen LogP contribution in [0.25, 0.3) is 0 Å². The minimum absolute atomic E-state index is 0.418. The van der Waals surface area contributed by atoms with Crippen molar-refractivity contribution in [3.05, 3.63) is 23.9 Å². The molecule has 0 fully saturated rings. The fourth-order valence-corrected chi connectivity index (χ4v) is 1.47. The topological polar surface area (TPSA) is 42.1 Å². The summed E-state index contributed by atoms with van der Waals surface area (Å²) < 4.78 is 0. The van der Waals surface area contributed by atoms with Crippen molar-refractivity contribution in [2.24, 2.45) is 11.7 Å². The van der Waals surface area contributed by atoms with Crippen LogP contribution >= 0.6 is 12.2 Å². The third-order valence-electron chi connectivity index (χ3n) is 2.46. The van der Waals surface area contributed by atoms with Crippen LogP contribution in [0.5, 0.6) is 0 Å². The first kappa shape index (κ1) is 12.9. The van der Waals surface area contributed by atoms with Gasteiger partial charge in [0.25, 0.3) is 0 Å². The molecule has 0 bridgehead atoms. The van der Waals surface area contributed by atoms with Crippen molar-refractivity contribution in [2.75, 3.05) is 18.5 Å². The van der Waals surface area contributed by atoms with Crippen LogP contribution in [0.4, 0.5) is 5.82 Å². The lowest BCUT2D eigenvalue weighted by Gasteiger charge is -2.19. The average Bonchev–Trinajstić information content (AvgIpc) is 2.26. The van der Waals surface area contributed by atoms with Gasteiger partial charge in [-0.05, 0) is 24.5 Å². The fourth-order valence-electron chi connectivity index (χ4n) is 1.35. The Hall–Kier alpha value is -1.16. The van der Waals surface area contributed by atoms with Gasteiger partial charge in [0.2, 0.25) is 0 Å². The van der Waals surface area contributed by atoms with Gasteiger partial charge in [0, 0.05) is 25.4 Å². The molecule has 3 nitrogen and oxygen atoms in total. The first-order valence-corrected chi connectivity index (χ1v) is 5.88. The molecule has 0 spiro atoms. The average molecular weight is 237 g/mol. The molecule has 1 aromatic heterocycles. The van der Waals surface area contributed by atoms with E-state index in [-0.39, 0.29) is 0 Å². The normalized spacial score (nSPS) is 10.5. The summed E-state index contributed by atoms with van der Waals surface area (Å²) in [5, 5.41) is 0. The minimum atomic E-state index is 0.418. The maximum atomic E-state index is 5.59. The molecule has 0 aliphatic heterocycles. The molecule has 0 saturated heterocycles. The summed E-state index contributed by atoms with van der Waals surface area (Å²) in [6.07, 6.45) is 2.89. The lowest BCUT2D eigenvalue weighted by molar-refractivity contribution is 0.583. The van der Waals surface area contributed by atoms with E-state index < -0.39 is 0 Å². The number of nitrogens with zero attached hydrogens (tertiary/aromatic N) is 2. The third-order valence-corrected chi connectivity index (χ3v) is 2.70. The molecular weight excluding hydrogens is 218 g/mol. The van der Waals surface area contributed by atoms with Crippen molar-refractivity contribution in [3.8, 4) is 0 Å². The van der Waals surface area contributed by atoms with Crippen LogP contribution in [0.3, 0.4) is 0 Å². The van der Waals surface area contributed by atoms with E-state index in [2.05, 4.69) is 23.7 Å². The van der Waals surface area contributed by atoms with Crippen LogP contribution in [0.2, 0.25) is 0 Å². The Morgan fingerprint density at radius 3 is 2.81 bits per heavy atom. The zero-order valence-corrected chi connectivity index (χ0v) is 10.9. The molecule has 1 heterocycles. The smallest absolute Gasteiger partial charge is 0.128 e. The van der Waals surface area contributed by atoms with Crippen LogP contribution < -0.4 is 10.6 Å². The number of anilines is 1. The predicted molar refractivity (Wildman–Crippen MR) is 72.8 cm³/mol. The van der Waals surface area contributed by atoms with Gasteiger partial charge in [-0.3, -0.25) is 0 Å². The molecule has 0 saturated carbocycles. The van der Waals surface area contributed by atoms with Crippen molar-refractivity contribution in [2.45, 2.75) is 20.3 Å². The van der Waals surface area contributed by atoms with Crippen molar-refractivity contribution in [1.29, 1.82) is 0 Å². The highest BCUT2D eigenvalue weighted by Gasteiger charge is 2.05. The molecule has 16 heavy (non-hydrogen) atoms. The van der Waals surface area contributed by atoms with E-state index >= 15 is 0 Å². The van der Waals surface area contributed by atoms with Crippen LogP contribution in [-0.4, -0.2) is 23.6 Å². The van der Waals surface area contributed by atoms with E-state index in [0.29, 0.717) is 10.9 Å². The SMILES string of the molecule is CC(C)CCN(C)c1cc(C(N)=S)ccn1. The Morgan fingerprint density at radius 2 is 2.25 bits per heavy atom. The van der Waals surface area contributed by atoms with E-state index in [4.69, 9.17) is 18.0 Å². The highest BCUT2D eigenvalue weighted by atomic mass is 32.1. The second-order valence-electron chi connectivity index (χ2n) is 4.37. The molecular formula is C12H19N3S. The van der Waals surface area contributed by atoms with Crippen molar-refractivity contribution in [1.82, 2.24) is 4.98 Å². The Bertz CT molecular complexity index is 363. The summed E-state index contributed by atoms with van der Waals surface area (Å²) in [4.78, 5) is 6.85. The fraction of sp³-hybridized carbons (Fsp3) is 0.500. The molecule has 0 amide bonds. The second-order valence-corrected chi connectivity index (χ2v) is 4.81. The lowest BCUT2D eigenvalue weighted by Crippen LogP contribution is -2.21. The van der Waals surface area contributed by atoms with Gasteiger partial charge in [-0.25, -0.2) is 4.98 Å². The summed E-state index contributed by atoms with van der Waals surface area (Å²) in [6.45, 7) is 5.42. The van der Waals surface area contributed by atoms with Crippen LogP contribution in [0, 0.1) is 5.92 Å². The summed E-state index contributed by atoms with van der Waals surface area (Å²) in [5.74, 6) is 1.62. The number of hydrogen-bond acceptors (Lipinski definition) is 3. The number of hydrogen-bond donors (Lipinski definition) is 1. The van der Waals surface area contributed by atoms with Crippen LogP contribution in [0.1, 0.15) is 25.8 Å². The van der Waals surface area contributed by atoms with Crippen LogP contribution in [-0.2, 0) is 0 Å². The molecule has 0 aromatic carbocycles. The van der Waals surface area contributed by atoms with Gasteiger partial charge < -0.3 is 10.6 Å². The summed E-state index contributed by atoms with van der Waals surface area (Å²) in [7, 11) is 2.04. The predicted octanol–water partition coefficient (Wildman–Crippen LogP) is 2.20. The lowest BCUT2D eigenvalue weighted by atomic mass is 10.1. The molecule has 0 aliphatic carbocycles. The van der Waals surface area contributed by atoms with Gasteiger partial charge in [-0.15, -0.1) is 0 Å². The number of aromatic nitrogens is 1. The maximum Gasteiger partial charge on any atom is 0.128 e. The first-order valence-electron chi connectivity index (χ1n) is 5.47. The van der Waals surface area contributed by atoms with Crippen molar-refractivity contribution in [3.63, 3.8) is 0 Å². The molecule has 2 N–H and O–H groups in total. The standard InChI is InChI=1S/C12H19N3S/c1-9(2)5-7-15(3)11-8-10(12(13)16)4-6-14-11/h4,6,8-9H,5,7H2,1-3H3,(H2,13,16). The molecule has 1 rings (SSSR count). The highest BCUT2D eigenvalue weighted by Crippen LogP contribution is 2.12.